The summed E-state index contributed by atoms with van der Waals surface area (Å²) in [5.41, 5.74) is 5.04. The fourth-order valence-corrected chi connectivity index (χ4v) is 4.87. The van der Waals surface area contributed by atoms with E-state index in [4.69, 9.17) is 9.47 Å². The van der Waals surface area contributed by atoms with Crippen LogP contribution < -0.4 is 14.4 Å². The van der Waals surface area contributed by atoms with E-state index in [0.717, 1.165) is 44.1 Å². The lowest BCUT2D eigenvalue weighted by Crippen LogP contribution is -2.46. The molecule has 0 saturated carbocycles. The first-order valence-corrected chi connectivity index (χ1v) is 12.7. The number of hydrogen-bond acceptors (Lipinski definition) is 4. The smallest absolute Gasteiger partial charge is 0.120 e. The molecule has 0 bridgehead atoms. The van der Waals surface area contributed by atoms with Crippen LogP contribution in [0.25, 0.3) is 10.9 Å². The van der Waals surface area contributed by atoms with E-state index in [2.05, 4.69) is 63.4 Å². The predicted octanol–water partition coefficient (Wildman–Crippen LogP) is 5.90. The molecule has 0 atom stereocenters. The van der Waals surface area contributed by atoms with Gasteiger partial charge in [-0.05, 0) is 79.4 Å². The SMILES string of the molecule is COc1ccc(N2CCN(CCCCc3c[nH]c4ccc(OCc5ccccc5)cc34)CC2)cc1. The fraction of sp³-hybridized carbons (Fsp3) is 0.333. The van der Waals surface area contributed by atoms with Gasteiger partial charge in [0, 0.05) is 49.0 Å². The maximum atomic E-state index is 6.05. The fourth-order valence-electron chi connectivity index (χ4n) is 4.87. The number of anilines is 1. The average molecular weight is 470 g/mol. The summed E-state index contributed by atoms with van der Waals surface area (Å²) in [5.74, 6) is 1.84. The third-order valence-corrected chi connectivity index (χ3v) is 6.97. The number of ether oxygens (including phenoxy) is 2. The number of nitrogens with one attached hydrogen (secondary N) is 1. The average Bonchev–Trinajstić information content (AvgIpc) is 3.33. The third kappa shape index (κ3) is 5.98. The quantitative estimate of drug-likeness (QED) is 0.294. The Kier molecular flexibility index (Phi) is 7.54. The number of piperazine rings is 1. The van der Waals surface area contributed by atoms with Crippen LogP contribution in [0, 0.1) is 0 Å². The molecule has 0 radical (unpaired) electrons. The molecule has 0 aliphatic carbocycles. The van der Waals surface area contributed by atoms with Gasteiger partial charge in [0.05, 0.1) is 7.11 Å². The van der Waals surface area contributed by atoms with Gasteiger partial charge >= 0.3 is 0 Å². The topological polar surface area (TPSA) is 40.7 Å². The lowest BCUT2D eigenvalue weighted by molar-refractivity contribution is 0.253. The molecule has 0 spiro atoms. The Balaban J connectivity index is 1.07. The summed E-state index contributed by atoms with van der Waals surface area (Å²) >= 11 is 0. The van der Waals surface area contributed by atoms with Crippen LogP contribution in [0.2, 0.25) is 0 Å². The van der Waals surface area contributed by atoms with Gasteiger partial charge < -0.3 is 19.4 Å². The van der Waals surface area contributed by atoms with E-state index in [1.807, 2.05) is 30.3 Å². The lowest BCUT2D eigenvalue weighted by atomic mass is 10.1. The number of fused-ring (bicyclic) bond motifs is 1. The molecule has 1 fully saturated rings. The summed E-state index contributed by atoms with van der Waals surface area (Å²) in [6, 6.07) is 25.1. The monoisotopic (exact) mass is 469 g/mol. The Morgan fingerprint density at radius 1 is 0.829 bits per heavy atom. The van der Waals surface area contributed by atoms with Crippen molar-refractivity contribution < 1.29 is 9.47 Å². The minimum Gasteiger partial charge on any atom is -0.497 e. The largest absolute Gasteiger partial charge is 0.497 e. The number of aromatic amines is 1. The van der Waals surface area contributed by atoms with Crippen LogP contribution >= 0.6 is 0 Å². The first-order valence-electron chi connectivity index (χ1n) is 12.7. The molecular weight excluding hydrogens is 434 g/mol. The lowest BCUT2D eigenvalue weighted by Gasteiger charge is -2.36. The molecule has 2 heterocycles. The zero-order valence-corrected chi connectivity index (χ0v) is 20.6. The predicted molar refractivity (Wildman–Crippen MR) is 144 cm³/mol. The molecule has 1 saturated heterocycles. The molecule has 182 valence electrons. The third-order valence-electron chi connectivity index (χ3n) is 6.97. The Morgan fingerprint density at radius 3 is 2.37 bits per heavy atom. The summed E-state index contributed by atoms with van der Waals surface area (Å²) in [6.07, 6.45) is 5.67. The zero-order chi connectivity index (χ0) is 23.9. The minimum absolute atomic E-state index is 0.595. The molecule has 1 N–H and O–H groups in total. The molecule has 4 aromatic rings. The van der Waals surface area contributed by atoms with Crippen molar-refractivity contribution in [3.63, 3.8) is 0 Å². The summed E-state index contributed by atoms with van der Waals surface area (Å²) in [7, 11) is 1.71. The van der Waals surface area contributed by atoms with Crippen molar-refractivity contribution in [3.05, 3.63) is 90.1 Å². The molecule has 1 aliphatic heterocycles. The van der Waals surface area contributed by atoms with E-state index in [-0.39, 0.29) is 0 Å². The molecule has 5 rings (SSSR count). The number of H-pyrrole nitrogens is 1. The Bertz CT molecular complexity index is 1200. The number of rotatable bonds is 10. The van der Waals surface area contributed by atoms with E-state index in [1.54, 1.807) is 7.11 Å². The summed E-state index contributed by atoms with van der Waals surface area (Å²) in [4.78, 5) is 8.50. The van der Waals surface area contributed by atoms with Crippen molar-refractivity contribution in [2.24, 2.45) is 0 Å². The van der Waals surface area contributed by atoms with E-state index in [9.17, 15) is 0 Å². The Labute approximate surface area is 208 Å². The van der Waals surface area contributed by atoms with Crippen molar-refractivity contribution in [2.45, 2.75) is 25.9 Å². The van der Waals surface area contributed by atoms with Crippen molar-refractivity contribution >= 4 is 16.6 Å². The second kappa shape index (κ2) is 11.3. The van der Waals surface area contributed by atoms with Gasteiger partial charge in [0.2, 0.25) is 0 Å². The van der Waals surface area contributed by atoms with Gasteiger partial charge in [-0.1, -0.05) is 30.3 Å². The number of aromatic nitrogens is 1. The standard InChI is InChI=1S/C30H35N3O2/c1-34-27-12-10-26(11-13-27)33-19-17-32(18-20-33)16-6-5-9-25-22-31-30-15-14-28(21-29(25)30)35-23-24-7-3-2-4-8-24/h2-4,7-8,10-15,21-22,31H,5-6,9,16-20,23H2,1H3. The molecule has 1 aromatic heterocycles. The Morgan fingerprint density at radius 2 is 1.60 bits per heavy atom. The highest BCUT2D eigenvalue weighted by Gasteiger charge is 2.17. The van der Waals surface area contributed by atoms with Gasteiger partial charge in [-0.2, -0.15) is 0 Å². The minimum atomic E-state index is 0.595. The van der Waals surface area contributed by atoms with E-state index >= 15 is 0 Å². The van der Waals surface area contributed by atoms with Crippen molar-refractivity contribution in [1.29, 1.82) is 0 Å². The normalized spacial score (nSPS) is 14.4. The van der Waals surface area contributed by atoms with Crippen LogP contribution in [0.3, 0.4) is 0 Å². The van der Waals surface area contributed by atoms with Crippen LogP contribution in [0.1, 0.15) is 24.0 Å². The number of aryl methyl sites for hydroxylation is 1. The van der Waals surface area contributed by atoms with Gasteiger partial charge in [0.25, 0.3) is 0 Å². The first kappa shape index (κ1) is 23.3. The van der Waals surface area contributed by atoms with Gasteiger partial charge in [-0.25, -0.2) is 0 Å². The first-order chi connectivity index (χ1) is 17.3. The second-order valence-corrected chi connectivity index (χ2v) is 9.28. The number of benzene rings is 3. The molecule has 5 heteroatoms. The maximum absolute atomic E-state index is 6.05. The molecule has 3 aromatic carbocycles. The van der Waals surface area contributed by atoms with Gasteiger partial charge in [-0.15, -0.1) is 0 Å². The van der Waals surface area contributed by atoms with Crippen molar-refractivity contribution in [3.8, 4) is 11.5 Å². The van der Waals surface area contributed by atoms with E-state index in [0.29, 0.717) is 6.61 Å². The van der Waals surface area contributed by atoms with Crippen LogP contribution in [0.5, 0.6) is 11.5 Å². The van der Waals surface area contributed by atoms with Crippen molar-refractivity contribution in [1.82, 2.24) is 9.88 Å². The van der Waals surface area contributed by atoms with E-state index in [1.165, 1.54) is 47.1 Å². The molecule has 0 amide bonds. The van der Waals surface area contributed by atoms with Crippen LogP contribution in [0.4, 0.5) is 5.69 Å². The van der Waals surface area contributed by atoms with Gasteiger partial charge in [0.15, 0.2) is 0 Å². The number of nitrogens with zero attached hydrogens (tertiary/aromatic N) is 2. The molecule has 35 heavy (non-hydrogen) atoms. The summed E-state index contributed by atoms with van der Waals surface area (Å²) in [6.45, 7) is 6.19. The summed E-state index contributed by atoms with van der Waals surface area (Å²) in [5, 5.41) is 1.28. The second-order valence-electron chi connectivity index (χ2n) is 9.28. The van der Waals surface area contributed by atoms with Crippen molar-refractivity contribution in [2.75, 3.05) is 44.7 Å². The number of hydrogen-bond donors (Lipinski definition) is 1. The highest BCUT2D eigenvalue weighted by atomic mass is 16.5. The van der Waals surface area contributed by atoms with E-state index < -0.39 is 0 Å². The van der Waals surface area contributed by atoms with Crippen LogP contribution in [0.15, 0.2) is 79.0 Å². The van der Waals surface area contributed by atoms with Crippen LogP contribution in [-0.4, -0.2) is 49.7 Å². The highest BCUT2D eigenvalue weighted by molar-refractivity contribution is 5.84. The van der Waals surface area contributed by atoms with Gasteiger partial charge in [0.1, 0.15) is 18.1 Å². The molecular formula is C30H35N3O2. The number of methoxy groups -OCH3 is 1. The maximum Gasteiger partial charge on any atom is 0.120 e. The Hall–Kier alpha value is -3.44. The molecule has 1 aliphatic rings. The number of unbranched alkanes of at least 4 members (excludes halogenated alkanes) is 1. The molecule has 0 unspecified atom stereocenters. The van der Waals surface area contributed by atoms with Crippen LogP contribution in [-0.2, 0) is 13.0 Å². The van der Waals surface area contributed by atoms with Gasteiger partial charge in [-0.3, -0.25) is 4.90 Å². The zero-order valence-electron chi connectivity index (χ0n) is 20.6. The highest BCUT2D eigenvalue weighted by Crippen LogP contribution is 2.26. The molecule has 5 nitrogen and oxygen atoms in total. The summed E-state index contributed by atoms with van der Waals surface area (Å²) < 4.78 is 11.3.